The van der Waals surface area contributed by atoms with Crippen molar-refractivity contribution in [1.82, 2.24) is 19.0 Å². The topological polar surface area (TPSA) is 139 Å². The Kier molecular flexibility index (Phi) is 9.40. The molecule has 2 aromatic heterocycles. The molecule has 1 saturated carbocycles. The largest absolute Gasteiger partial charge is 0.385 e. The van der Waals surface area contributed by atoms with E-state index in [1.165, 1.54) is 26.8 Å². The summed E-state index contributed by atoms with van der Waals surface area (Å²) in [4.78, 5) is 68.7. The third-order valence-electron chi connectivity index (χ3n) is 11.3. The van der Waals surface area contributed by atoms with Crippen molar-refractivity contribution in [2.75, 3.05) is 35.2 Å². The Hall–Kier alpha value is -5.98. The predicted molar refractivity (Wildman–Crippen MR) is 211 cm³/mol. The number of benzene rings is 3. The second-order valence-electron chi connectivity index (χ2n) is 15.2. The molecule has 8 rings (SSSR count). The number of imide groups is 1. The number of amides is 2. The highest BCUT2D eigenvalue weighted by Gasteiger charge is 2.32. The van der Waals surface area contributed by atoms with Crippen molar-refractivity contribution in [1.29, 1.82) is 0 Å². The number of anilines is 4. The average molecular weight is 746 g/mol. The summed E-state index contributed by atoms with van der Waals surface area (Å²) in [6, 6.07) is 19.9. The summed E-state index contributed by atoms with van der Waals surface area (Å²) in [7, 11) is 1.53. The van der Waals surface area contributed by atoms with Crippen LogP contribution in [0.4, 0.5) is 27.3 Å². The van der Waals surface area contributed by atoms with E-state index in [1.807, 2.05) is 30.3 Å². The fourth-order valence-electron chi connectivity index (χ4n) is 8.07. The molecule has 1 aliphatic carbocycles. The molecule has 3 fully saturated rings. The van der Waals surface area contributed by atoms with Gasteiger partial charge < -0.3 is 15.5 Å². The Morgan fingerprint density at radius 2 is 1.58 bits per heavy atom. The first-order chi connectivity index (χ1) is 26.5. The van der Waals surface area contributed by atoms with E-state index in [0.29, 0.717) is 43.8 Å². The van der Waals surface area contributed by atoms with Crippen molar-refractivity contribution in [3.05, 3.63) is 120 Å². The van der Waals surface area contributed by atoms with Gasteiger partial charge in [0, 0.05) is 56.1 Å². The number of rotatable bonds is 9. The average Bonchev–Trinajstić information content (AvgIpc) is 4.01. The summed E-state index contributed by atoms with van der Waals surface area (Å²) in [5, 5.41) is 9.18. The van der Waals surface area contributed by atoms with Gasteiger partial charge in [0.2, 0.25) is 11.8 Å². The Morgan fingerprint density at radius 3 is 2.31 bits per heavy atom. The maximum absolute atomic E-state index is 15.1. The molecule has 0 spiro atoms. The number of nitrogens with zero attached hydrogens (tertiary/aromatic N) is 4. The van der Waals surface area contributed by atoms with Crippen LogP contribution in [0.3, 0.4) is 0 Å². The third-order valence-corrected chi connectivity index (χ3v) is 11.3. The molecule has 284 valence electrons. The van der Waals surface area contributed by atoms with Crippen LogP contribution >= 0.6 is 0 Å². The summed E-state index contributed by atoms with van der Waals surface area (Å²) in [6.45, 7) is 5.80. The Bertz CT molecular complexity index is 2550. The van der Waals surface area contributed by atoms with Crippen LogP contribution in [0.15, 0.2) is 81.1 Å². The van der Waals surface area contributed by atoms with Gasteiger partial charge in [-0.25, -0.2) is 9.18 Å². The Balaban J connectivity index is 1.05. The number of piperidine rings is 2. The maximum atomic E-state index is 15.1. The van der Waals surface area contributed by atoms with E-state index in [2.05, 4.69) is 33.0 Å². The number of nitrogens with one attached hydrogen (secondary N) is 3. The fourth-order valence-corrected chi connectivity index (χ4v) is 8.07. The van der Waals surface area contributed by atoms with E-state index >= 15 is 4.39 Å². The van der Waals surface area contributed by atoms with Crippen molar-refractivity contribution in [3.63, 3.8) is 0 Å². The zero-order valence-corrected chi connectivity index (χ0v) is 31.2. The highest BCUT2D eigenvalue weighted by atomic mass is 19.1. The van der Waals surface area contributed by atoms with Crippen LogP contribution in [0.25, 0.3) is 16.6 Å². The van der Waals surface area contributed by atoms with Crippen LogP contribution in [0, 0.1) is 25.6 Å². The lowest BCUT2D eigenvalue weighted by Gasteiger charge is -2.34. The van der Waals surface area contributed by atoms with Crippen LogP contribution in [0.2, 0.25) is 0 Å². The van der Waals surface area contributed by atoms with Crippen LogP contribution in [-0.2, 0) is 16.6 Å². The van der Waals surface area contributed by atoms with Gasteiger partial charge in [0.1, 0.15) is 17.0 Å². The van der Waals surface area contributed by atoms with E-state index in [9.17, 15) is 24.0 Å². The molecule has 0 radical (unpaired) electrons. The van der Waals surface area contributed by atoms with Crippen LogP contribution in [0.5, 0.6) is 0 Å². The predicted octanol–water partition coefficient (Wildman–Crippen LogP) is 5.53. The molecular formula is C42H44FN7O5. The van der Waals surface area contributed by atoms with Crippen LogP contribution in [0.1, 0.15) is 67.2 Å². The fraction of sp³-hybridized carbons (Fsp3) is 0.357. The van der Waals surface area contributed by atoms with E-state index < -0.39 is 22.6 Å². The van der Waals surface area contributed by atoms with Crippen molar-refractivity contribution in [2.45, 2.75) is 64.3 Å². The van der Waals surface area contributed by atoms with Crippen molar-refractivity contribution < 1.29 is 14.0 Å². The minimum Gasteiger partial charge on any atom is -0.385 e. The van der Waals surface area contributed by atoms with Crippen molar-refractivity contribution in [2.24, 2.45) is 13.0 Å². The highest BCUT2D eigenvalue weighted by molar-refractivity contribution is 6.01. The second-order valence-corrected chi connectivity index (χ2v) is 15.2. The molecule has 2 aliphatic heterocycles. The normalized spacial score (nSPS) is 17.7. The van der Waals surface area contributed by atoms with Gasteiger partial charge in [-0.05, 0) is 105 Å². The first-order valence-corrected chi connectivity index (χ1v) is 19.0. The van der Waals surface area contributed by atoms with Crippen molar-refractivity contribution in [3.8, 4) is 5.69 Å². The molecule has 1 unspecified atom stereocenters. The molecule has 13 heteroatoms. The molecule has 3 aromatic carbocycles. The molecule has 3 N–H and O–H groups in total. The molecule has 2 saturated heterocycles. The number of fused-ring (bicyclic) bond motifs is 1. The SMILES string of the molecule is Cc1ccc(Nc2c3c(=O)n(C4CC4)c(=O)n(-c4cccc(NCC5CCN(c6cccc(C7CCC(=O)NC7=O)c6)CC5)c4)c3c(C)c(=O)n2C)c(F)c1. The van der Waals surface area contributed by atoms with Crippen LogP contribution < -0.4 is 37.7 Å². The molecule has 2 amide bonds. The zero-order chi connectivity index (χ0) is 38.5. The third kappa shape index (κ3) is 6.83. The zero-order valence-electron chi connectivity index (χ0n) is 31.2. The monoisotopic (exact) mass is 745 g/mol. The first-order valence-electron chi connectivity index (χ1n) is 19.0. The number of carbonyl (C=O) groups excluding carboxylic acids is 2. The van der Waals surface area contributed by atoms with Gasteiger partial charge in [-0.3, -0.25) is 38.2 Å². The molecule has 0 bridgehead atoms. The Morgan fingerprint density at radius 1 is 0.836 bits per heavy atom. The van der Waals surface area contributed by atoms with Gasteiger partial charge in [-0.1, -0.05) is 24.3 Å². The summed E-state index contributed by atoms with van der Waals surface area (Å²) >= 11 is 0. The summed E-state index contributed by atoms with van der Waals surface area (Å²) in [6.07, 6.45) is 4.14. The van der Waals surface area contributed by atoms with Crippen molar-refractivity contribution >= 4 is 45.6 Å². The van der Waals surface area contributed by atoms with E-state index in [0.717, 1.165) is 48.4 Å². The standard InChI is InChI=1S/C42H44FN7O5/c1-24-10-14-34(33(43)20-24)45-38-36-37(25(2)40(53)47(38)3)49(42(55)50(41(36)54)29-11-12-29)31-9-5-7-28(22-31)44-23-26-16-18-48(19-17-26)30-8-4-6-27(21-30)32-13-15-35(51)46-39(32)52/h4-10,14,20-22,26,29,32,44-45H,11-13,15-19,23H2,1-3H3,(H,46,51,52). The lowest BCUT2D eigenvalue weighted by Crippen LogP contribution is -2.41. The van der Waals surface area contributed by atoms with Gasteiger partial charge in [-0.2, -0.15) is 0 Å². The highest BCUT2D eigenvalue weighted by Crippen LogP contribution is 2.35. The van der Waals surface area contributed by atoms with Gasteiger partial charge in [-0.15, -0.1) is 0 Å². The lowest BCUT2D eigenvalue weighted by atomic mass is 9.90. The minimum atomic E-state index is -0.527. The molecule has 3 aliphatic rings. The number of halogens is 1. The number of aryl methyl sites for hydroxylation is 2. The van der Waals surface area contributed by atoms with Gasteiger partial charge in [0.05, 0.1) is 22.8 Å². The summed E-state index contributed by atoms with van der Waals surface area (Å²) in [5.74, 6) is -0.799. The van der Waals surface area contributed by atoms with Crippen LogP contribution in [-0.4, -0.2) is 45.1 Å². The first kappa shape index (κ1) is 36.0. The molecule has 5 aromatic rings. The van der Waals surface area contributed by atoms with E-state index in [4.69, 9.17) is 0 Å². The second kappa shape index (κ2) is 14.3. The minimum absolute atomic E-state index is 0.110. The smallest absolute Gasteiger partial charge is 0.336 e. The summed E-state index contributed by atoms with van der Waals surface area (Å²) in [5.41, 5.74) is 3.10. The van der Waals surface area contributed by atoms with Gasteiger partial charge >= 0.3 is 5.69 Å². The quantitative estimate of drug-likeness (QED) is 0.168. The summed E-state index contributed by atoms with van der Waals surface area (Å²) < 4.78 is 19.1. The molecule has 55 heavy (non-hydrogen) atoms. The van der Waals surface area contributed by atoms with E-state index in [1.54, 1.807) is 32.0 Å². The maximum Gasteiger partial charge on any atom is 0.336 e. The number of aromatic nitrogens is 3. The molecule has 1 atom stereocenters. The van der Waals surface area contributed by atoms with Gasteiger partial charge in [0.15, 0.2) is 0 Å². The number of hydrogen-bond donors (Lipinski definition) is 3. The molecular weight excluding hydrogens is 702 g/mol. The van der Waals surface area contributed by atoms with Gasteiger partial charge in [0.25, 0.3) is 11.1 Å². The number of carbonyl (C=O) groups is 2. The lowest BCUT2D eigenvalue weighted by molar-refractivity contribution is -0.134. The van der Waals surface area contributed by atoms with E-state index in [-0.39, 0.29) is 51.7 Å². The number of hydrogen-bond acceptors (Lipinski definition) is 8. The molecule has 12 nitrogen and oxygen atoms in total. The number of pyridine rings is 1. The molecule has 4 heterocycles. The Labute approximate surface area is 316 Å².